The zero-order valence-electron chi connectivity index (χ0n) is 10.4. The number of nitrogens with zero attached hydrogens (tertiary/aromatic N) is 5. The molecule has 0 bridgehead atoms. The lowest BCUT2D eigenvalue weighted by Crippen LogP contribution is -2.35. The summed E-state index contributed by atoms with van der Waals surface area (Å²) in [4.78, 5) is 11.5. The van der Waals surface area contributed by atoms with Gasteiger partial charge in [0.05, 0.1) is 6.54 Å². The second kappa shape index (κ2) is 5.88. The molecule has 0 fully saturated rings. The maximum absolute atomic E-state index is 12.2. The quantitative estimate of drug-likeness (QED) is 0.437. The Morgan fingerprint density at radius 3 is 2.57 bits per heavy atom. The monoisotopic (exact) mass is 304 g/mol. The molecule has 0 aromatic carbocycles. The number of aliphatic hydroxyl groups is 1. The molecule has 0 aliphatic rings. The van der Waals surface area contributed by atoms with Gasteiger partial charge in [-0.2, -0.15) is 33.2 Å². The van der Waals surface area contributed by atoms with Crippen molar-refractivity contribution in [1.29, 1.82) is 0 Å². The van der Waals surface area contributed by atoms with Gasteiger partial charge in [0.1, 0.15) is 0 Å². The molecule has 2 aromatic rings. The fraction of sp³-hybridized carbons (Fsp3) is 0.333. The fourth-order valence-corrected chi connectivity index (χ4v) is 1.30. The average Bonchev–Trinajstić information content (AvgIpc) is 2.97. The fourth-order valence-electron chi connectivity index (χ4n) is 1.30. The highest BCUT2D eigenvalue weighted by Gasteiger charge is 2.38. The number of nitrogens with two attached hydrogens (primary N) is 1. The van der Waals surface area contributed by atoms with E-state index >= 15 is 0 Å². The van der Waals surface area contributed by atoms with E-state index in [1.807, 2.05) is 0 Å². The maximum Gasteiger partial charge on any atom is 0.416 e. The molecule has 0 aliphatic heterocycles. The lowest BCUT2D eigenvalue weighted by molar-refractivity contribution is -0.198. The molecule has 0 amide bonds. The van der Waals surface area contributed by atoms with Crippen molar-refractivity contribution in [2.45, 2.75) is 12.3 Å². The molecule has 21 heavy (non-hydrogen) atoms. The van der Waals surface area contributed by atoms with Crippen LogP contribution in [-0.2, 0) is 0 Å². The molecule has 9 nitrogen and oxygen atoms in total. The Kier molecular flexibility index (Phi) is 4.18. The van der Waals surface area contributed by atoms with Crippen LogP contribution < -0.4 is 16.6 Å². The van der Waals surface area contributed by atoms with Crippen molar-refractivity contribution in [2.24, 2.45) is 5.84 Å². The predicted octanol–water partition coefficient (Wildman–Crippen LogP) is -0.322. The molecule has 0 radical (unpaired) electrons. The molecule has 2 rings (SSSR count). The van der Waals surface area contributed by atoms with E-state index in [0.29, 0.717) is 0 Å². The van der Waals surface area contributed by atoms with Crippen molar-refractivity contribution in [2.75, 3.05) is 17.3 Å². The largest absolute Gasteiger partial charge is 0.416 e. The second-order valence-corrected chi connectivity index (χ2v) is 3.82. The van der Waals surface area contributed by atoms with E-state index in [4.69, 9.17) is 10.9 Å². The van der Waals surface area contributed by atoms with Gasteiger partial charge in [0, 0.05) is 12.4 Å². The Morgan fingerprint density at radius 2 is 2.00 bits per heavy atom. The summed E-state index contributed by atoms with van der Waals surface area (Å²) < 4.78 is 37.9. The molecule has 1 unspecified atom stereocenters. The normalized spacial score (nSPS) is 13.0. The molecule has 0 saturated heterocycles. The van der Waals surface area contributed by atoms with E-state index in [-0.39, 0.29) is 17.8 Å². The Morgan fingerprint density at radius 1 is 1.29 bits per heavy atom. The number of rotatable bonds is 5. The summed E-state index contributed by atoms with van der Waals surface area (Å²) >= 11 is 0. The number of aromatic nitrogens is 5. The molecular formula is C9H11F3N8O. The number of hydrogen-bond donors (Lipinski definition) is 4. The van der Waals surface area contributed by atoms with Crippen LogP contribution in [0.4, 0.5) is 25.1 Å². The van der Waals surface area contributed by atoms with E-state index in [0.717, 1.165) is 0 Å². The smallest absolute Gasteiger partial charge is 0.382 e. The van der Waals surface area contributed by atoms with Crippen molar-refractivity contribution in [1.82, 2.24) is 24.7 Å². The van der Waals surface area contributed by atoms with Gasteiger partial charge in [-0.15, -0.1) is 0 Å². The van der Waals surface area contributed by atoms with Crippen LogP contribution >= 0.6 is 0 Å². The number of anilines is 2. The zero-order chi connectivity index (χ0) is 15.5. The minimum absolute atomic E-state index is 0.0481. The van der Waals surface area contributed by atoms with Crippen LogP contribution in [0.15, 0.2) is 18.5 Å². The van der Waals surface area contributed by atoms with Crippen LogP contribution in [0.25, 0.3) is 5.95 Å². The average molecular weight is 304 g/mol. The third-order valence-corrected chi connectivity index (χ3v) is 2.29. The third kappa shape index (κ3) is 3.76. The van der Waals surface area contributed by atoms with Crippen LogP contribution in [0, 0.1) is 0 Å². The summed E-state index contributed by atoms with van der Waals surface area (Å²) in [7, 11) is 0. The summed E-state index contributed by atoms with van der Waals surface area (Å²) in [6.07, 6.45) is -4.28. The number of nitrogen functional groups attached to an aromatic ring is 1. The van der Waals surface area contributed by atoms with Crippen LogP contribution in [0.3, 0.4) is 0 Å². The van der Waals surface area contributed by atoms with E-state index in [9.17, 15) is 13.2 Å². The lowest BCUT2D eigenvalue weighted by Gasteiger charge is -2.15. The minimum Gasteiger partial charge on any atom is -0.382 e. The Hall–Kier alpha value is -2.47. The molecule has 114 valence electrons. The first kappa shape index (κ1) is 14.9. The second-order valence-electron chi connectivity index (χ2n) is 3.82. The van der Waals surface area contributed by atoms with Crippen molar-refractivity contribution in [3.8, 4) is 5.95 Å². The molecule has 1 atom stereocenters. The molecule has 0 aliphatic carbocycles. The molecule has 2 heterocycles. The van der Waals surface area contributed by atoms with Gasteiger partial charge in [-0.25, -0.2) is 10.5 Å². The predicted molar refractivity (Wildman–Crippen MR) is 65.3 cm³/mol. The van der Waals surface area contributed by atoms with Crippen LogP contribution in [0.2, 0.25) is 0 Å². The zero-order valence-corrected chi connectivity index (χ0v) is 10.4. The Labute approximate surface area is 116 Å². The molecular weight excluding hydrogens is 293 g/mol. The van der Waals surface area contributed by atoms with Crippen molar-refractivity contribution in [3.05, 3.63) is 18.5 Å². The van der Waals surface area contributed by atoms with Crippen molar-refractivity contribution < 1.29 is 18.3 Å². The van der Waals surface area contributed by atoms with E-state index in [1.165, 1.54) is 17.1 Å². The van der Waals surface area contributed by atoms with Gasteiger partial charge in [-0.1, -0.05) is 0 Å². The van der Waals surface area contributed by atoms with Crippen LogP contribution in [0.5, 0.6) is 0 Å². The van der Waals surface area contributed by atoms with Gasteiger partial charge < -0.3 is 10.4 Å². The van der Waals surface area contributed by atoms with E-state index < -0.39 is 18.8 Å². The third-order valence-electron chi connectivity index (χ3n) is 2.29. The molecule has 12 heteroatoms. The standard InChI is InChI=1S/C9H11F3N8O/c10-9(11,12)5(21)4-14-6-16-7(19-13)18-8(17-6)20-3-1-2-15-20/h1-3,5,21H,4,13H2,(H2,14,16,17,18,19). The van der Waals surface area contributed by atoms with E-state index in [2.05, 4.69) is 30.8 Å². The summed E-state index contributed by atoms with van der Waals surface area (Å²) in [5, 5.41) is 15.0. The van der Waals surface area contributed by atoms with Gasteiger partial charge in [0.25, 0.3) is 5.95 Å². The van der Waals surface area contributed by atoms with Gasteiger partial charge in [-0.05, 0) is 6.07 Å². The Balaban J connectivity index is 2.18. The number of hydrazine groups is 1. The Bertz CT molecular complexity index is 587. The summed E-state index contributed by atoms with van der Waals surface area (Å²) in [6, 6.07) is 1.61. The minimum atomic E-state index is -4.74. The van der Waals surface area contributed by atoms with Crippen LogP contribution in [-0.4, -0.2) is 48.7 Å². The lowest BCUT2D eigenvalue weighted by atomic mass is 10.3. The molecule has 0 spiro atoms. The van der Waals surface area contributed by atoms with Crippen molar-refractivity contribution in [3.63, 3.8) is 0 Å². The van der Waals surface area contributed by atoms with Gasteiger partial charge in [0.15, 0.2) is 6.10 Å². The first-order valence-corrected chi connectivity index (χ1v) is 5.61. The first-order chi connectivity index (χ1) is 9.90. The number of alkyl halides is 3. The van der Waals surface area contributed by atoms with Crippen LogP contribution in [0.1, 0.15) is 0 Å². The summed E-state index contributed by atoms with van der Waals surface area (Å²) in [5.74, 6) is 4.97. The van der Waals surface area contributed by atoms with Gasteiger partial charge in [0.2, 0.25) is 11.9 Å². The number of aliphatic hydroxyl groups excluding tert-OH is 1. The highest BCUT2D eigenvalue weighted by Crippen LogP contribution is 2.20. The molecule has 0 saturated carbocycles. The van der Waals surface area contributed by atoms with Gasteiger partial charge in [-0.3, -0.25) is 5.43 Å². The summed E-state index contributed by atoms with van der Waals surface area (Å²) in [5.41, 5.74) is 2.16. The molecule has 5 N–H and O–H groups in total. The first-order valence-electron chi connectivity index (χ1n) is 5.61. The van der Waals surface area contributed by atoms with Gasteiger partial charge >= 0.3 is 6.18 Å². The molecule has 2 aromatic heterocycles. The number of nitrogens with one attached hydrogen (secondary N) is 2. The van der Waals surface area contributed by atoms with Crippen molar-refractivity contribution >= 4 is 11.9 Å². The number of halogens is 3. The number of hydrogen-bond acceptors (Lipinski definition) is 8. The SMILES string of the molecule is NNc1nc(NCC(O)C(F)(F)F)nc(-n2cccn2)n1. The van der Waals surface area contributed by atoms with E-state index in [1.54, 1.807) is 6.07 Å². The highest BCUT2D eigenvalue weighted by atomic mass is 19.4. The highest BCUT2D eigenvalue weighted by molar-refractivity contribution is 5.37. The summed E-state index contributed by atoms with van der Waals surface area (Å²) in [6.45, 7) is -0.809. The maximum atomic E-state index is 12.2. The topological polar surface area (TPSA) is 127 Å².